The Balaban J connectivity index is 2.75. The lowest BCUT2D eigenvalue weighted by atomic mass is 10.1. The second-order valence-corrected chi connectivity index (χ2v) is 4.67. The zero-order chi connectivity index (χ0) is 15.0. The summed E-state index contributed by atoms with van der Waals surface area (Å²) in [4.78, 5) is 11.9. The van der Waals surface area contributed by atoms with Crippen molar-refractivity contribution < 1.29 is 9.53 Å². The van der Waals surface area contributed by atoms with Crippen molar-refractivity contribution in [1.82, 2.24) is 5.32 Å². The van der Waals surface area contributed by atoms with Gasteiger partial charge in [0.1, 0.15) is 0 Å². The van der Waals surface area contributed by atoms with Gasteiger partial charge in [-0.1, -0.05) is 24.6 Å². The van der Waals surface area contributed by atoms with Gasteiger partial charge in [-0.2, -0.15) is 5.26 Å². The Labute approximate surface area is 123 Å². The van der Waals surface area contributed by atoms with Gasteiger partial charge in [0.25, 0.3) is 0 Å². The number of halogens is 1. The van der Waals surface area contributed by atoms with Gasteiger partial charge in [-0.3, -0.25) is 0 Å². The molecular formula is C14H18ClN3O2. The maximum atomic E-state index is 11.9. The number of hydrogen-bond donors (Lipinski definition) is 2. The predicted molar refractivity (Wildman–Crippen MR) is 78.6 cm³/mol. The van der Waals surface area contributed by atoms with E-state index in [-0.39, 0.29) is 18.5 Å². The molecule has 0 aliphatic heterocycles. The van der Waals surface area contributed by atoms with Crippen LogP contribution >= 0.6 is 11.6 Å². The van der Waals surface area contributed by atoms with Crippen molar-refractivity contribution in [3.8, 4) is 6.07 Å². The lowest BCUT2D eigenvalue weighted by molar-refractivity contribution is 0.185. The first-order valence-electron chi connectivity index (χ1n) is 6.33. The molecule has 0 radical (unpaired) electrons. The van der Waals surface area contributed by atoms with Crippen LogP contribution in [0.3, 0.4) is 0 Å². The average Bonchev–Trinajstić information content (AvgIpc) is 2.42. The average molecular weight is 296 g/mol. The second kappa shape index (κ2) is 8.41. The molecule has 1 atom stereocenters. The minimum atomic E-state index is -0.355. The van der Waals surface area contributed by atoms with Gasteiger partial charge >= 0.3 is 6.03 Å². The molecule has 1 aromatic carbocycles. The fraction of sp³-hybridized carbons (Fsp3) is 0.429. The largest absolute Gasteiger partial charge is 0.380 e. The van der Waals surface area contributed by atoms with E-state index >= 15 is 0 Å². The summed E-state index contributed by atoms with van der Waals surface area (Å²) in [6.07, 6.45) is 0.978. The highest BCUT2D eigenvalue weighted by Crippen LogP contribution is 2.25. The van der Waals surface area contributed by atoms with Crippen molar-refractivity contribution in [1.29, 1.82) is 5.26 Å². The Hall–Kier alpha value is -1.77. The molecule has 0 saturated carbocycles. The smallest absolute Gasteiger partial charge is 0.319 e. The summed E-state index contributed by atoms with van der Waals surface area (Å²) in [5.74, 6) is 0. The summed E-state index contributed by atoms with van der Waals surface area (Å²) in [7, 11) is 1.56. The predicted octanol–water partition coefficient (Wildman–Crippen LogP) is 3.30. The third-order valence-corrected chi connectivity index (χ3v) is 3.18. The molecule has 0 aromatic heterocycles. The zero-order valence-electron chi connectivity index (χ0n) is 11.6. The SMILES string of the molecule is CC[C@H](CC#N)NC(=O)Nc1cccc(Cl)c1COC. The van der Waals surface area contributed by atoms with E-state index in [4.69, 9.17) is 21.6 Å². The highest BCUT2D eigenvalue weighted by Gasteiger charge is 2.13. The van der Waals surface area contributed by atoms with Crippen LogP contribution in [0.15, 0.2) is 18.2 Å². The maximum Gasteiger partial charge on any atom is 0.319 e. The molecule has 1 rings (SSSR count). The number of hydrogen-bond acceptors (Lipinski definition) is 3. The monoisotopic (exact) mass is 295 g/mol. The minimum absolute atomic E-state index is 0.162. The lowest BCUT2D eigenvalue weighted by Gasteiger charge is -2.16. The number of anilines is 1. The first-order chi connectivity index (χ1) is 9.62. The number of methoxy groups -OCH3 is 1. The molecule has 5 nitrogen and oxygen atoms in total. The van der Waals surface area contributed by atoms with Crippen molar-refractivity contribution in [2.45, 2.75) is 32.4 Å². The number of nitriles is 1. The van der Waals surface area contributed by atoms with Crippen LogP contribution in [0.2, 0.25) is 5.02 Å². The van der Waals surface area contributed by atoms with Crippen molar-refractivity contribution in [2.24, 2.45) is 0 Å². The number of nitrogens with zero attached hydrogens (tertiary/aromatic N) is 1. The van der Waals surface area contributed by atoms with Crippen LogP contribution in [-0.4, -0.2) is 19.2 Å². The standard InChI is InChI=1S/C14H18ClN3O2/c1-3-10(7-8-16)17-14(19)18-13-6-4-5-12(15)11(13)9-20-2/h4-6,10H,3,7,9H2,1-2H3,(H2,17,18,19)/t10-/m1/s1. The zero-order valence-corrected chi connectivity index (χ0v) is 12.3. The molecule has 6 heteroatoms. The molecular weight excluding hydrogens is 278 g/mol. The molecule has 2 amide bonds. The summed E-state index contributed by atoms with van der Waals surface area (Å²) in [6.45, 7) is 2.22. The van der Waals surface area contributed by atoms with Gasteiger partial charge < -0.3 is 15.4 Å². The van der Waals surface area contributed by atoms with Crippen LogP contribution < -0.4 is 10.6 Å². The van der Waals surface area contributed by atoms with Gasteiger partial charge in [-0.15, -0.1) is 0 Å². The number of benzene rings is 1. The van der Waals surface area contributed by atoms with E-state index in [0.717, 1.165) is 5.56 Å². The highest BCUT2D eigenvalue weighted by molar-refractivity contribution is 6.31. The quantitative estimate of drug-likeness (QED) is 0.845. The first-order valence-corrected chi connectivity index (χ1v) is 6.71. The van der Waals surface area contributed by atoms with Crippen LogP contribution in [-0.2, 0) is 11.3 Å². The molecule has 0 heterocycles. The highest BCUT2D eigenvalue weighted by atomic mass is 35.5. The number of ether oxygens (including phenoxy) is 1. The Morgan fingerprint density at radius 2 is 2.30 bits per heavy atom. The second-order valence-electron chi connectivity index (χ2n) is 4.26. The van der Waals surface area contributed by atoms with Crippen LogP contribution in [0.1, 0.15) is 25.3 Å². The van der Waals surface area contributed by atoms with Gasteiger partial charge in [0.05, 0.1) is 19.1 Å². The Morgan fingerprint density at radius 1 is 1.55 bits per heavy atom. The maximum absolute atomic E-state index is 11.9. The van der Waals surface area contributed by atoms with E-state index in [0.29, 0.717) is 23.7 Å². The molecule has 2 N–H and O–H groups in total. The van der Waals surface area contributed by atoms with Gasteiger partial charge in [0.2, 0.25) is 0 Å². The topological polar surface area (TPSA) is 74.2 Å². The van der Waals surface area contributed by atoms with Crippen molar-refractivity contribution in [3.05, 3.63) is 28.8 Å². The van der Waals surface area contributed by atoms with Crippen LogP contribution in [0.4, 0.5) is 10.5 Å². The number of carbonyl (C=O) groups is 1. The van der Waals surface area contributed by atoms with Crippen LogP contribution in [0.5, 0.6) is 0 Å². The number of carbonyl (C=O) groups excluding carboxylic acids is 1. The number of urea groups is 1. The van der Waals surface area contributed by atoms with E-state index in [1.807, 2.05) is 13.0 Å². The van der Waals surface area contributed by atoms with E-state index in [1.165, 1.54) is 0 Å². The Morgan fingerprint density at radius 3 is 2.90 bits per heavy atom. The molecule has 0 aliphatic carbocycles. The fourth-order valence-electron chi connectivity index (χ4n) is 1.72. The van der Waals surface area contributed by atoms with Gasteiger partial charge in [0.15, 0.2) is 0 Å². The lowest BCUT2D eigenvalue weighted by Crippen LogP contribution is -2.37. The Bertz CT molecular complexity index is 500. The number of rotatable bonds is 6. The molecule has 0 bridgehead atoms. The number of amides is 2. The van der Waals surface area contributed by atoms with E-state index < -0.39 is 0 Å². The minimum Gasteiger partial charge on any atom is -0.380 e. The van der Waals surface area contributed by atoms with Crippen molar-refractivity contribution >= 4 is 23.3 Å². The summed E-state index contributed by atoms with van der Waals surface area (Å²) < 4.78 is 5.07. The van der Waals surface area contributed by atoms with Crippen LogP contribution in [0.25, 0.3) is 0 Å². The number of nitrogens with one attached hydrogen (secondary N) is 2. The molecule has 1 aromatic rings. The summed E-state index contributed by atoms with van der Waals surface area (Å²) in [5, 5.41) is 14.7. The Kier molecular flexibility index (Phi) is 6.85. The molecule has 0 aliphatic rings. The van der Waals surface area contributed by atoms with Gasteiger partial charge in [-0.05, 0) is 18.6 Å². The normalized spacial score (nSPS) is 11.5. The molecule has 20 heavy (non-hydrogen) atoms. The van der Waals surface area contributed by atoms with Gasteiger partial charge in [-0.25, -0.2) is 4.79 Å². The summed E-state index contributed by atoms with van der Waals surface area (Å²) >= 11 is 6.08. The molecule has 0 fully saturated rings. The molecule has 0 unspecified atom stereocenters. The van der Waals surface area contributed by atoms with E-state index in [1.54, 1.807) is 25.3 Å². The van der Waals surface area contributed by atoms with Crippen LogP contribution in [0, 0.1) is 11.3 Å². The fourth-order valence-corrected chi connectivity index (χ4v) is 1.95. The van der Waals surface area contributed by atoms with Gasteiger partial charge in [0, 0.05) is 29.4 Å². The van der Waals surface area contributed by atoms with Crippen molar-refractivity contribution in [3.63, 3.8) is 0 Å². The van der Waals surface area contributed by atoms with Crippen molar-refractivity contribution in [2.75, 3.05) is 12.4 Å². The third kappa shape index (κ3) is 4.72. The van der Waals surface area contributed by atoms with E-state index in [2.05, 4.69) is 10.6 Å². The molecule has 0 saturated heterocycles. The molecule has 0 spiro atoms. The summed E-state index contributed by atoms with van der Waals surface area (Å²) in [5.41, 5.74) is 1.32. The van der Waals surface area contributed by atoms with E-state index in [9.17, 15) is 4.79 Å². The summed E-state index contributed by atoms with van der Waals surface area (Å²) in [6, 6.07) is 6.78. The molecule has 108 valence electrons. The first kappa shape index (κ1) is 16.3. The third-order valence-electron chi connectivity index (χ3n) is 2.82.